The van der Waals surface area contributed by atoms with E-state index in [2.05, 4.69) is 19.9 Å². The smallest absolute Gasteiger partial charge is 0.378 e. The monoisotopic (exact) mass is 201 g/mol. The Balaban J connectivity index is 2.67. The predicted molar refractivity (Wildman–Crippen MR) is 43.0 cm³/mol. The Kier molecular flexibility index (Phi) is 2.94. The zero-order valence-corrected chi connectivity index (χ0v) is 7.18. The summed E-state index contributed by atoms with van der Waals surface area (Å²) in [6.07, 6.45) is 0. The molecule has 14 heavy (non-hydrogen) atoms. The van der Waals surface area contributed by atoms with E-state index in [-0.39, 0.29) is 18.4 Å². The van der Waals surface area contributed by atoms with Crippen molar-refractivity contribution in [1.82, 2.24) is 15.2 Å². The summed E-state index contributed by atoms with van der Waals surface area (Å²) >= 11 is 0. The largest absolute Gasteiger partial charge is 0.460 e. The third-order valence-corrected chi connectivity index (χ3v) is 1.14. The lowest BCUT2D eigenvalue weighted by Gasteiger charge is -1.93. The van der Waals surface area contributed by atoms with Gasteiger partial charge in [-0.15, -0.1) is 5.10 Å². The number of ether oxygens (including phenoxy) is 1. The summed E-state index contributed by atoms with van der Waals surface area (Å²) in [5, 5.41) is 14.7. The molecule has 0 aliphatic carbocycles. The van der Waals surface area contributed by atoms with Gasteiger partial charge in [-0.25, -0.2) is 20.0 Å². The number of nitrogens with one attached hydrogen (secondary N) is 2. The predicted octanol–water partition coefficient (Wildman–Crippen LogP) is -0.415. The number of nitro groups is 1. The van der Waals surface area contributed by atoms with E-state index in [9.17, 15) is 14.9 Å². The van der Waals surface area contributed by atoms with Crippen LogP contribution < -0.4 is 5.43 Å². The first-order valence-corrected chi connectivity index (χ1v) is 3.64. The molecule has 0 unspecified atom stereocenters. The number of carbonyl (C=O) groups is 1. The Bertz CT molecular complexity index is 348. The lowest BCUT2D eigenvalue weighted by molar-refractivity contribution is -0.446. The molecule has 2 N–H and O–H groups in total. The zero-order valence-electron chi connectivity index (χ0n) is 7.18. The number of nitrogens with zero attached hydrogens (tertiary/aromatic N) is 3. The van der Waals surface area contributed by atoms with Crippen molar-refractivity contribution < 1.29 is 14.6 Å². The van der Waals surface area contributed by atoms with Crippen LogP contribution in [0.15, 0.2) is 0 Å². The van der Waals surface area contributed by atoms with E-state index in [1.807, 2.05) is 0 Å². The van der Waals surface area contributed by atoms with Gasteiger partial charge < -0.3 is 4.74 Å². The summed E-state index contributed by atoms with van der Waals surface area (Å²) in [5.41, 5.74) is 1.71. The molecule has 0 aromatic carbocycles. The summed E-state index contributed by atoms with van der Waals surface area (Å²) in [6.45, 7) is 1.81. The van der Waals surface area contributed by atoms with Crippen molar-refractivity contribution in [1.29, 1.82) is 0 Å². The Morgan fingerprint density at radius 3 is 3.07 bits per heavy atom. The number of carbonyl (C=O) groups excluding carboxylic acids is 1. The molecule has 1 rings (SSSR count). The molecule has 0 aliphatic rings. The Morgan fingerprint density at radius 2 is 2.50 bits per heavy atom. The molecule has 9 nitrogen and oxygen atoms in total. The highest BCUT2D eigenvalue weighted by Crippen LogP contribution is 1.99. The fourth-order valence-corrected chi connectivity index (χ4v) is 0.685. The van der Waals surface area contributed by atoms with Gasteiger partial charge in [-0.05, 0) is 6.92 Å². The van der Waals surface area contributed by atoms with Gasteiger partial charge in [0.1, 0.15) is 0 Å². The maximum absolute atomic E-state index is 11.0. The van der Waals surface area contributed by atoms with Gasteiger partial charge in [0.2, 0.25) is 0 Å². The van der Waals surface area contributed by atoms with E-state index in [1.54, 1.807) is 12.3 Å². The van der Waals surface area contributed by atoms with Gasteiger partial charge in [0.25, 0.3) is 11.8 Å². The Hall–Kier alpha value is -2.19. The Labute approximate surface area is 77.6 Å². The normalized spacial score (nSPS) is 9.50. The lowest BCUT2D eigenvalue weighted by Crippen LogP contribution is -2.10. The molecule has 0 fully saturated rings. The molecule has 1 heterocycles. The first kappa shape index (κ1) is 9.89. The van der Waals surface area contributed by atoms with Crippen molar-refractivity contribution in [3.8, 4) is 0 Å². The number of anilines is 1. The Morgan fingerprint density at radius 1 is 1.79 bits per heavy atom. The topological polar surface area (TPSA) is 123 Å². The van der Waals surface area contributed by atoms with Crippen LogP contribution in [0.5, 0.6) is 0 Å². The number of aromatic nitrogens is 3. The summed E-state index contributed by atoms with van der Waals surface area (Å²) in [6, 6.07) is 0. The van der Waals surface area contributed by atoms with Gasteiger partial charge in [0, 0.05) is 0 Å². The number of hydrazine groups is 1. The minimum absolute atomic E-state index is 0.186. The van der Waals surface area contributed by atoms with Crippen LogP contribution in [0, 0.1) is 10.1 Å². The van der Waals surface area contributed by atoms with E-state index in [4.69, 9.17) is 0 Å². The molecule has 0 radical (unpaired) electrons. The summed E-state index contributed by atoms with van der Waals surface area (Å²) in [5.74, 6) is -1.21. The molecule has 0 saturated carbocycles. The van der Waals surface area contributed by atoms with Gasteiger partial charge >= 0.3 is 5.97 Å². The van der Waals surface area contributed by atoms with E-state index >= 15 is 0 Å². The van der Waals surface area contributed by atoms with E-state index < -0.39 is 11.0 Å². The van der Waals surface area contributed by atoms with Crippen LogP contribution in [0.1, 0.15) is 17.5 Å². The van der Waals surface area contributed by atoms with Gasteiger partial charge in [-0.1, -0.05) is 5.43 Å². The highest BCUT2D eigenvalue weighted by atomic mass is 16.7. The second-order valence-electron chi connectivity index (χ2n) is 2.10. The molecule has 1 aromatic heterocycles. The average molecular weight is 201 g/mol. The second-order valence-corrected chi connectivity index (χ2v) is 2.10. The third-order valence-electron chi connectivity index (χ3n) is 1.14. The third kappa shape index (κ3) is 2.40. The summed E-state index contributed by atoms with van der Waals surface area (Å²) in [4.78, 5) is 24.4. The van der Waals surface area contributed by atoms with Gasteiger partial charge in [-0.2, -0.15) is 4.98 Å². The van der Waals surface area contributed by atoms with E-state index in [0.29, 0.717) is 0 Å². The number of hydrogen-bond acceptors (Lipinski definition) is 6. The van der Waals surface area contributed by atoms with Crippen molar-refractivity contribution in [2.24, 2.45) is 0 Å². The maximum atomic E-state index is 11.0. The lowest BCUT2D eigenvalue weighted by atomic mass is 10.6. The molecule has 0 atom stereocenters. The number of rotatable bonds is 4. The van der Waals surface area contributed by atoms with Crippen molar-refractivity contribution >= 4 is 11.9 Å². The van der Waals surface area contributed by atoms with Crippen molar-refractivity contribution in [3.63, 3.8) is 0 Å². The van der Waals surface area contributed by atoms with Crippen molar-refractivity contribution in [3.05, 3.63) is 15.9 Å². The first-order chi connectivity index (χ1) is 6.63. The number of esters is 1. The van der Waals surface area contributed by atoms with Gasteiger partial charge in [0.15, 0.2) is 5.03 Å². The van der Waals surface area contributed by atoms with Crippen LogP contribution in [0.3, 0.4) is 0 Å². The quantitative estimate of drug-likeness (QED) is 0.385. The molecule has 76 valence electrons. The van der Waals surface area contributed by atoms with Crippen LogP contribution in [-0.2, 0) is 4.74 Å². The van der Waals surface area contributed by atoms with Crippen LogP contribution in [0.25, 0.3) is 0 Å². The van der Waals surface area contributed by atoms with E-state index in [0.717, 1.165) is 0 Å². The van der Waals surface area contributed by atoms with Crippen LogP contribution in [-0.4, -0.2) is 32.8 Å². The first-order valence-electron chi connectivity index (χ1n) is 3.64. The average Bonchev–Trinajstić information content (AvgIpc) is 2.52. The maximum Gasteiger partial charge on any atom is 0.378 e. The minimum atomic E-state index is -0.824. The molecular weight excluding hydrogens is 194 g/mol. The molecule has 9 heteroatoms. The van der Waals surface area contributed by atoms with Crippen molar-refractivity contribution in [2.45, 2.75) is 6.92 Å². The van der Waals surface area contributed by atoms with Crippen LogP contribution >= 0.6 is 0 Å². The fraction of sp³-hybridized carbons (Fsp3) is 0.400. The SMILES string of the molecule is CCOC(=O)c1n[nH]c(N[N+](=O)[O-])n1. The highest BCUT2D eigenvalue weighted by molar-refractivity contribution is 5.85. The second kappa shape index (κ2) is 4.16. The van der Waals surface area contributed by atoms with Crippen LogP contribution in [0.2, 0.25) is 0 Å². The summed E-state index contributed by atoms with van der Waals surface area (Å²) < 4.78 is 4.56. The molecule has 0 aliphatic heterocycles. The molecule has 0 spiro atoms. The number of hydrogen-bond donors (Lipinski definition) is 2. The highest BCUT2D eigenvalue weighted by Gasteiger charge is 2.14. The summed E-state index contributed by atoms with van der Waals surface area (Å²) in [7, 11) is 0. The number of aromatic amines is 1. The van der Waals surface area contributed by atoms with Crippen LogP contribution in [0.4, 0.5) is 5.95 Å². The molecular formula is C5H7N5O4. The van der Waals surface area contributed by atoms with Gasteiger partial charge in [-0.3, -0.25) is 0 Å². The minimum Gasteiger partial charge on any atom is -0.460 e. The molecule has 0 bridgehead atoms. The zero-order chi connectivity index (χ0) is 10.6. The molecule has 0 saturated heterocycles. The molecule has 0 amide bonds. The van der Waals surface area contributed by atoms with Gasteiger partial charge in [0.05, 0.1) is 6.61 Å². The number of H-pyrrole nitrogens is 1. The van der Waals surface area contributed by atoms with E-state index in [1.165, 1.54) is 0 Å². The standard InChI is InChI=1S/C5H7N5O4/c1-2-14-4(11)3-6-5(8-7-3)9-10(12)13/h2H2,1H3,(H2,6,7,8,9). The van der Waals surface area contributed by atoms with Crippen molar-refractivity contribution in [2.75, 3.05) is 12.0 Å². The molecule has 1 aromatic rings. The fourth-order valence-electron chi connectivity index (χ4n) is 0.685.